The zero-order chi connectivity index (χ0) is 13.1. The minimum Gasteiger partial charge on any atom is -0.480 e. The maximum atomic E-state index is 12.0. The van der Waals surface area contributed by atoms with E-state index >= 15 is 0 Å². The molecule has 6 heteroatoms. The first kappa shape index (κ1) is 13.1. The van der Waals surface area contributed by atoms with E-state index in [1.165, 1.54) is 4.90 Å². The van der Waals surface area contributed by atoms with Crippen LogP contribution in [0.3, 0.4) is 0 Å². The Hall–Kier alpha value is -1.30. The van der Waals surface area contributed by atoms with Gasteiger partial charge in [-0.25, -0.2) is 9.59 Å². The summed E-state index contributed by atoms with van der Waals surface area (Å²) in [7, 11) is 2.07. The average molecular weight is 255 g/mol. The maximum absolute atomic E-state index is 12.0. The van der Waals surface area contributed by atoms with Crippen molar-refractivity contribution in [3.8, 4) is 0 Å². The lowest BCUT2D eigenvalue weighted by atomic mass is 10.1. The van der Waals surface area contributed by atoms with Crippen LogP contribution in [0.4, 0.5) is 4.79 Å². The fraction of sp³-hybridized carbons (Fsp3) is 0.833. The van der Waals surface area contributed by atoms with Crippen molar-refractivity contribution in [1.29, 1.82) is 0 Å². The van der Waals surface area contributed by atoms with E-state index in [1.54, 1.807) is 0 Å². The summed E-state index contributed by atoms with van der Waals surface area (Å²) in [5, 5.41) is 12.0. The number of piperidine rings is 1. The Labute approximate surface area is 107 Å². The van der Waals surface area contributed by atoms with Crippen molar-refractivity contribution in [2.75, 3.05) is 26.7 Å². The molecule has 0 aromatic carbocycles. The van der Waals surface area contributed by atoms with Crippen LogP contribution in [0.2, 0.25) is 0 Å². The van der Waals surface area contributed by atoms with Crippen molar-refractivity contribution < 1.29 is 14.7 Å². The van der Waals surface area contributed by atoms with Crippen molar-refractivity contribution >= 4 is 12.0 Å². The molecule has 2 saturated heterocycles. The highest BCUT2D eigenvalue weighted by atomic mass is 16.4. The van der Waals surface area contributed by atoms with Gasteiger partial charge in [-0.3, -0.25) is 0 Å². The smallest absolute Gasteiger partial charge is 0.326 e. The van der Waals surface area contributed by atoms with Gasteiger partial charge in [-0.2, -0.15) is 0 Å². The van der Waals surface area contributed by atoms with Crippen LogP contribution in [0.1, 0.15) is 25.7 Å². The zero-order valence-electron chi connectivity index (χ0n) is 10.8. The van der Waals surface area contributed by atoms with Crippen LogP contribution in [-0.4, -0.2) is 65.7 Å². The molecule has 102 valence electrons. The third kappa shape index (κ3) is 2.93. The number of aliphatic carboxylic acids is 1. The Morgan fingerprint density at radius 2 is 1.83 bits per heavy atom. The van der Waals surface area contributed by atoms with Gasteiger partial charge < -0.3 is 20.2 Å². The summed E-state index contributed by atoms with van der Waals surface area (Å²) in [5.74, 6) is -0.897. The van der Waals surface area contributed by atoms with E-state index < -0.39 is 12.0 Å². The fourth-order valence-electron chi connectivity index (χ4n) is 2.68. The first-order valence-electron chi connectivity index (χ1n) is 6.56. The molecule has 2 aliphatic heterocycles. The lowest BCUT2D eigenvalue weighted by Gasteiger charge is -2.31. The lowest BCUT2D eigenvalue weighted by molar-refractivity contribution is -0.141. The molecule has 0 bridgehead atoms. The molecule has 0 radical (unpaired) electrons. The molecule has 2 fully saturated rings. The molecule has 2 heterocycles. The molecule has 2 amide bonds. The van der Waals surface area contributed by atoms with E-state index in [0.717, 1.165) is 32.4 Å². The number of carbonyl (C=O) groups excluding carboxylic acids is 1. The first-order valence-corrected chi connectivity index (χ1v) is 6.56. The largest absolute Gasteiger partial charge is 0.480 e. The number of carbonyl (C=O) groups is 2. The molecule has 2 rings (SSSR count). The van der Waals surface area contributed by atoms with Crippen molar-refractivity contribution in [1.82, 2.24) is 15.1 Å². The third-order valence-corrected chi connectivity index (χ3v) is 3.84. The van der Waals surface area contributed by atoms with Gasteiger partial charge in [-0.05, 0) is 45.8 Å². The van der Waals surface area contributed by atoms with Gasteiger partial charge in [-0.15, -0.1) is 0 Å². The van der Waals surface area contributed by atoms with E-state index in [0.29, 0.717) is 13.0 Å². The lowest BCUT2D eigenvalue weighted by Crippen LogP contribution is -2.51. The number of carboxylic acids is 1. The van der Waals surface area contributed by atoms with Crippen LogP contribution in [0.25, 0.3) is 0 Å². The monoisotopic (exact) mass is 255 g/mol. The molecule has 0 aromatic rings. The summed E-state index contributed by atoms with van der Waals surface area (Å²) in [4.78, 5) is 26.8. The number of likely N-dealkylation sites (tertiary alicyclic amines) is 2. The Kier molecular flexibility index (Phi) is 4.06. The third-order valence-electron chi connectivity index (χ3n) is 3.84. The maximum Gasteiger partial charge on any atom is 0.326 e. The summed E-state index contributed by atoms with van der Waals surface area (Å²) in [6.45, 7) is 2.51. The van der Waals surface area contributed by atoms with Gasteiger partial charge in [0.2, 0.25) is 0 Å². The normalized spacial score (nSPS) is 26.3. The molecule has 18 heavy (non-hydrogen) atoms. The van der Waals surface area contributed by atoms with E-state index in [1.807, 2.05) is 0 Å². The van der Waals surface area contributed by atoms with Gasteiger partial charge >= 0.3 is 12.0 Å². The number of amides is 2. The Bertz CT molecular complexity index is 327. The zero-order valence-corrected chi connectivity index (χ0v) is 10.8. The number of nitrogens with zero attached hydrogens (tertiary/aromatic N) is 2. The van der Waals surface area contributed by atoms with Gasteiger partial charge in [0.05, 0.1) is 0 Å². The Morgan fingerprint density at radius 1 is 1.17 bits per heavy atom. The van der Waals surface area contributed by atoms with Gasteiger partial charge in [0.25, 0.3) is 0 Å². The summed E-state index contributed by atoms with van der Waals surface area (Å²) >= 11 is 0. The summed E-state index contributed by atoms with van der Waals surface area (Å²) in [5.41, 5.74) is 0. The van der Waals surface area contributed by atoms with E-state index in [9.17, 15) is 9.59 Å². The summed E-state index contributed by atoms with van der Waals surface area (Å²) in [6.07, 6.45) is 3.22. The highest BCUT2D eigenvalue weighted by Crippen LogP contribution is 2.18. The van der Waals surface area contributed by atoms with Crippen LogP contribution in [0.5, 0.6) is 0 Å². The number of nitrogens with one attached hydrogen (secondary N) is 1. The molecule has 1 atom stereocenters. The summed E-state index contributed by atoms with van der Waals surface area (Å²) < 4.78 is 0. The molecule has 0 spiro atoms. The highest BCUT2D eigenvalue weighted by molar-refractivity contribution is 5.83. The van der Waals surface area contributed by atoms with Gasteiger partial charge in [0.15, 0.2) is 0 Å². The summed E-state index contributed by atoms with van der Waals surface area (Å²) in [6, 6.07) is -0.672. The highest BCUT2D eigenvalue weighted by Gasteiger charge is 2.34. The Balaban J connectivity index is 1.86. The standard InChI is InChI=1S/C12H21N3O3/c1-14-7-4-9(5-8-14)13-12(18)15-6-2-3-10(15)11(16)17/h9-10H,2-8H2,1H3,(H,13,18)(H,16,17)/t10-/m1/s1. The number of hydrogen-bond donors (Lipinski definition) is 2. The number of hydrogen-bond acceptors (Lipinski definition) is 3. The Morgan fingerprint density at radius 3 is 2.44 bits per heavy atom. The van der Waals surface area contributed by atoms with Gasteiger partial charge in [-0.1, -0.05) is 0 Å². The van der Waals surface area contributed by atoms with Crippen LogP contribution in [0.15, 0.2) is 0 Å². The van der Waals surface area contributed by atoms with Crippen molar-refractivity contribution in [3.63, 3.8) is 0 Å². The van der Waals surface area contributed by atoms with E-state index in [2.05, 4.69) is 17.3 Å². The first-order chi connectivity index (χ1) is 8.58. The predicted octanol–water partition coefficient (Wildman–Crippen LogP) is 0.339. The minimum absolute atomic E-state index is 0.184. The second kappa shape index (κ2) is 5.56. The number of carboxylic acid groups (broad SMARTS) is 1. The molecular weight excluding hydrogens is 234 g/mol. The van der Waals surface area contributed by atoms with Crippen molar-refractivity contribution in [3.05, 3.63) is 0 Å². The SMILES string of the molecule is CN1CCC(NC(=O)N2CCC[C@@H]2C(=O)O)CC1. The topological polar surface area (TPSA) is 72.9 Å². The number of urea groups is 1. The fourth-order valence-corrected chi connectivity index (χ4v) is 2.68. The molecule has 2 N–H and O–H groups in total. The second-order valence-electron chi connectivity index (χ2n) is 5.22. The van der Waals surface area contributed by atoms with Crippen molar-refractivity contribution in [2.45, 2.75) is 37.8 Å². The quantitative estimate of drug-likeness (QED) is 0.746. The van der Waals surface area contributed by atoms with Gasteiger partial charge in [0, 0.05) is 12.6 Å². The molecule has 0 saturated carbocycles. The predicted molar refractivity (Wildman–Crippen MR) is 66.4 cm³/mol. The van der Waals surface area contributed by atoms with Crippen LogP contribution >= 0.6 is 0 Å². The second-order valence-corrected chi connectivity index (χ2v) is 5.22. The minimum atomic E-state index is -0.897. The van der Waals surface area contributed by atoms with Crippen LogP contribution in [0, 0.1) is 0 Å². The van der Waals surface area contributed by atoms with Crippen LogP contribution in [-0.2, 0) is 4.79 Å². The molecule has 0 unspecified atom stereocenters. The van der Waals surface area contributed by atoms with E-state index in [-0.39, 0.29) is 12.1 Å². The molecule has 0 aliphatic carbocycles. The average Bonchev–Trinajstić information content (AvgIpc) is 2.81. The number of rotatable bonds is 2. The van der Waals surface area contributed by atoms with Crippen molar-refractivity contribution in [2.24, 2.45) is 0 Å². The molecule has 2 aliphatic rings. The van der Waals surface area contributed by atoms with E-state index in [4.69, 9.17) is 5.11 Å². The van der Waals surface area contributed by atoms with Crippen LogP contribution < -0.4 is 5.32 Å². The molecule has 0 aromatic heterocycles. The molecular formula is C12H21N3O3. The molecule has 6 nitrogen and oxygen atoms in total. The van der Waals surface area contributed by atoms with Gasteiger partial charge in [0.1, 0.15) is 6.04 Å².